The van der Waals surface area contributed by atoms with Gasteiger partial charge in [-0.15, -0.1) is 0 Å². The van der Waals surface area contributed by atoms with Crippen LogP contribution in [0, 0.1) is 0 Å². The maximum Gasteiger partial charge on any atom is 0.318 e. The Bertz CT molecular complexity index is 431. The van der Waals surface area contributed by atoms with Crippen LogP contribution in [0.4, 0.5) is 0 Å². The molecule has 1 radical (unpaired) electrons. The van der Waals surface area contributed by atoms with E-state index in [2.05, 4.69) is 9.84 Å². The fourth-order valence-corrected chi connectivity index (χ4v) is 2.84. The van der Waals surface area contributed by atoms with Crippen molar-refractivity contribution < 1.29 is 75.9 Å². The minimum atomic E-state index is -2.39. The minimum absolute atomic E-state index is 0. The molecule has 0 aromatic carbocycles. The number of rotatable bonds is 11. The van der Waals surface area contributed by atoms with E-state index in [4.69, 9.17) is 14.0 Å². The third-order valence-electron chi connectivity index (χ3n) is 3.71. The molecule has 0 bridgehead atoms. The molecule has 6 atom stereocenters. The minimum Gasteiger partial charge on any atom is -0.394 e. The van der Waals surface area contributed by atoms with Crippen LogP contribution in [0.25, 0.3) is 0 Å². The van der Waals surface area contributed by atoms with E-state index in [1.54, 1.807) is 0 Å². The van der Waals surface area contributed by atoms with Crippen LogP contribution in [0.5, 0.6) is 0 Å². The molecule has 1 fully saturated rings. The maximum atomic E-state index is 11.3. The number of unbranched alkanes of at least 4 members (excludes halogenated alkanes) is 2. The molecule has 1 saturated heterocycles. The number of carbonyl (C=O) groups is 1. The first-order valence-corrected chi connectivity index (χ1v) is 9.35. The van der Waals surface area contributed by atoms with Gasteiger partial charge in [0.05, 0.1) is 13.2 Å². The number of aliphatic hydroxyl groups is 3. The van der Waals surface area contributed by atoms with Gasteiger partial charge in [0.15, 0.2) is 6.29 Å². The first-order chi connectivity index (χ1) is 11.9. The van der Waals surface area contributed by atoms with Gasteiger partial charge in [0.1, 0.15) is 24.4 Å². The van der Waals surface area contributed by atoms with E-state index in [1.807, 2.05) is 0 Å². The number of hydrogen-bond acceptors (Lipinski definition) is 9. The summed E-state index contributed by atoms with van der Waals surface area (Å²) in [5.41, 5.74) is 0. The van der Waals surface area contributed by atoms with Crippen molar-refractivity contribution in [1.29, 1.82) is 0 Å². The van der Waals surface area contributed by atoms with Crippen molar-refractivity contribution in [2.75, 3.05) is 26.9 Å². The Morgan fingerprint density at radius 3 is 2.42 bits per heavy atom. The SMILES string of the molecule is CO[PH](=O)OCCCCCOC1OC(CO)C(O)C(O)C1NC(C)=O.[Y]. The molecule has 0 aromatic heterocycles. The Hall–Kier alpha value is 0.524. The van der Waals surface area contributed by atoms with Crippen LogP contribution in [-0.2, 0) is 60.6 Å². The summed E-state index contributed by atoms with van der Waals surface area (Å²) in [6, 6.07) is -0.939. The fraction of sp³-hybridized carbons (Fsp3) is 0.929. The van der Waals surface area contributed by atoms with E-state index < -0.39 is 51.4 Å². The molecule has 0 aromatic rings. The molecular weight excluding hydrogens is 446 g/mol. The van der Waals surface area contributed by atoms with Gasteiger partial charge in [-0.25, -0.2) is 0 Å². The molecular formula is C14H28NO9PY. The number of hydrogen-bond donors (Lipinski definition) is 4. The predicted octanol–water partition coefficient (Wildman–Crippen LogP) is -0.833. The molecule has 1 aliphatic heterocycles. The van der Waals surface area contributed by atoms with Gasteiger partial charge in [-0.3, -0.25) is 9.36 Å². The summed E-state index contributed by atoms with van der Waals surface area (Å²) in [5, 5.41) is 31.7. The number of ether oxygens (including phenoxy) is 2. The molecule has 0 aliphatic carbocycles. The third-order valence-corrected chi connectivity index (χ3v) is 4.48. The second-order valence-electron chi connectivity index (χ2n) is 5.67. The number of carbonyl (C=O) groups excluding carboxylic acids is 1. The number of amides is 1. The van der Waals surface area contributed by atoms with Crippen molar-refractivity contribution >= 4 is 14.2 Å². The fourth-order valence-electron chi connectivity index (χ4n) is 2.41. The zero-order valence-electron chi connectivity index (χ0n) is 15.0. The molecule has 12 heteroatoms. The zero-order valence-corrected chi connectivity index (χ0v) is 18.8. The molecule has 4 N–H and O–H groups in total. The van der Waals surface area contributed by atoms with E-state index in [0.717, 1.165) is 6.42 Å². The van der Waals surface area contributed by atoms with Crippen molar-refractivity contribution in [3.63, 3.8) is 0 Å². The van der Waals surface area contributed by atoms with Gasteiger partial charge in [-0.1, -0.05) is 0 Å². The summed E-state index contributed by atoms with van der Waals surface area (Å²) >= 11 is 0. The quantitative estimate of drug-likeness (QED) is 0.223. The predicted molar refractivity (Wildman–Crippen MR) is 87.1 cm³/mol. The summed E-state index contributed by atoms with van der Waals surface area (Å²) in [5.74, 6) is -0.401. The Labute approximate surface area is 178 Å². The average molecular weight is 474 g/mol. The van der Waals surface area contributed by atoms with Gasteiger partial charge >= 0.3 is 8.25 Å². The van der Waals surface area contributed by atoms with Crippen LogP contribution in [0.2, 0.25) is 0 Å². The van der Waals surface area contributed by atoms with Crippen LogP contribution < -0.4 is 5.32 Å². The van der Waals surface area contributed by atoms with Gasteiger partial charge < -0.3 is 39.2 Å². The van der Waals surface area contributed by atoms with Crippen molar-refractivity contribution in [1.82, 2.24) is 5.32 Å². The topological polar surface area (TPSA) is 144 Å². The second-order valence-corrected chi connectivity index (χ2v) is 6.86. The van der Waals surface area contributed by atoms with Crippen LogP contribution >= 0.6 is 8.25 Å². The van der Waals surface area contributed by atoms with Crippen molar-refractivity contribution in [3.8, 4) is 0 Å². The second kappa shape index (κ2) is 14.5. The molecule has 6 unspecified atom stereocenters. The van der Waals surface area contributed by atoms with E-state index >= 15 is 0 Å². The van der Waals surface area contributed by atoms with Gasteiger partial charge in [0.25, 0.3) is 0 Å². The van der Waals surface area contributed by atoms with E-state index in [0.29, 0.717) is 19.4 Å². The summed E-state index contributed by atoms with van der Waals surface area (Å²) in [4.78, 5) is 11.3. The smallest absolute Gasteiger partial charge is 0.318 e. The van der Waals surface area contributed by atoms with Crippen molar-refractivity contribution in [3.05, 3.63) is 0 Å². The molecule has 151 valence electrons. The van der Waals surface area contributed by atoms with Gasteiger partial charge in [-0.05, 0) is 19.3 Å². The van der Waals surface area contributed by atoms with Gasteiger partial charge in [0.2, 0.25) is 5.91 Å². The first kappa shape index (κ1) is 26.5. The molecule has 0 spiro atoms. The Morgan fingerprint density at radius 2 is 1.85 bits per heavy atom. The monoisotopic (exact) mass is 474 g/mol. The third kappa shape index (κ3) is 9.14. The average Bonchev–Trinajstić information content (AvgIpc) is 2.59. The van der Waals surface area contributed by atoms with Crippen LogP contribution in [-0.4, -0.2) is 78.8 Å². The molecule has 10 nitrogen and oxygen atoms in total. The van der Waals surface area contributed by atoms with E-state index in [1.165, 1.54) is 14.0 Å². The standard InChI is InChI=1S/C14H28NO9P.Y/c1-9(17)15-11-13(19)12(18)10(8-16)24-14(11)22-6-4-3-5-7-23-25(20)21-2;/h10-14,16,18-19,25H,3-8H2,1-2H3,(H,15,17);. The molecule has 0 saturated carbocycles. The zero-order chi connectivity index (χ0) is 18.8. The summed E-state index contributed by atoms with van der Waals surface area (Å²) < 4.78 is 31.4. The molecule has 1 amide bonds. The van der Waals surface area contributed by atoms with E-state index in [-0.39, 0.29) is 39.3 Å². The van der Waals surface area contributed by atoms with Crippen molar-refractivity contribution in [2.24, 2.45) is 0 Å². The maximum absolute atomic E-state index is 11.3. The normalized spacial score (nSPS) is 29.7. The van der Waals surface area contributed by atoms with Crippen LogP contribution in [0.1, 0.15) is 26.2 Å². The Balaban J connectivity index is 0.00000625. The number of nitrogens with one attached hydrogen (secondary N) is 1. The summed E-state index contributed by atoms with van der Waals surface area (Å²) in [6.07, 6.45) is -2.57. The van der Waals surface area contributed by atoms with Gasteiger partial charge in [-0.2, -0.15) is 0 Å². The van der Waals surface area contributed by atoms with E-state index in [9.17, 15) is 24.7 Å². The molecule has 26 heavy (non-hydrogen) atoms. The van der Waals surface area contributed by atoms with Crippen LogP contribution in [0.3, 0.4) is 0 Å². The largest absolute Gasteiger partial charge is 0.394 e. The van der Waals surface area contributed by atoms with Crippen molar-refractivity contribution in [2.45, 2.75) is 56.8 Å². The van der Waals surface area contributed by atoms with Gasteiger partial charge in [0, 0.05) is 53.3 Å². The molecule has 1 rings (SSSR count). The Kier molecular flexibility index (Phi) is 14.8. The summed E-state index contributed by atoms with van der Waals surface area (Å²) in [7, 11) is -1.08. The Morgan fingerprint density at radius 1 is 1.19 bits per heavy atom. The summed E-state index contributed by atoms with van der Waals surface area (Å²) in [6.45, 7) is 1.39. The molecule has 1 heterocycles. The van der Waals surface area contributed by atoms with Crippen LogP contribution in [0.15, 0.2) is 0 Å². The molecule has 1 aliphatic rings. The first-order valence-electron chi connectivity index (χ1n) is 8.12. The number of aliphatic hydroxyl groups excluding tert-OH is 3.